The number of para-hydroxylation sites is 2. The summed E-state index contributed by atoms with van der Waals surface area (Å²) in [5.74, 6) is 0.311. The Kier molecular flexibility index (Phi) is 6.46. The van der Waals surface area contributed by atoms with Crippen LogP contribution in [0.2, 0.25) is 5.02 Å². The first-order valence-corrected chi connectivity index (χ1v) is 8.30. The summed E-state index contributed by atoms with van der Waals surface area (Å²) in [4.78, 5) is 26.0. The van der Waals surface area contributed by atoms with Gasteiger partial charge < -0.3 is 14.8 Å². The molecule has 2 aromatic rings. The molecule has 0 radical (unpaired) electrons. The third-order valence-corrected chi connectivity index (χ3v) is 4.22. The van der Waals surface area contributed by atoms with Crippen molar-refractivity contribution in [2.45, 2.75) is 13.8 Å². The summed E-state index contributed by atoms with van der Waals surface area (Å²) in [6.45, 7) is 3.06. The monoisotopic (exact) mass is 376 g/mol. The van der Waals surface area contributed by atoms with Gasteiger partial charge in [0.1, 0.15) is 18.0 Å². The lowest BCUT2D eigenvalue weighted by molar-refractivity contribution is -0.120. The summed E-state index contributed by atoms with van der Waals surface area (Å²) >= 11 is 6.08. The van der Waals surface area contributed by atoms with E-state index in [0.29, 0.717) is 27.9 Å². The van der Waals surface area contributed by atoms with E-state index in [1.54, 1.807) is 36.4 Å². The summed E-state index contributed by atoms with van der Waals surface area (Å²) in [5, 5.41) is 3.31. The van der Waals surface area contributed by atoms with E-state index >= 15 is 0 Å². The Hall–Kier alpha value is -2.73. The van der Waals surface area contributed by atoms with E-state index in [-0.39, 0.29) is 18.4 Å². The maximum Gasteiger partial charge on any atom is 0.244 e. The van der Waals surface area contributed by atoms with Gasteiger partial charge in [-0.05, 0) is 30.7 Å². The Balaban J connectivity index is 2.24. The van der Waals surface area contributed by atoms with Gasteiger partial charge in [-0.1, -0.05) is 23.7 Å². The second-order valence-electron chi connectivity index (χ2n) is 5.63. The first-order valence-electron chi connectivity index (χ1n) is 7.92. The van der Waals surface area contributed by atoms with Crippen LogP contribution < -0.4 is 19.7 Å². The lowest BCUT2D eigenvalue weighted by Crippen LogP contribution is -2.37. The summed E-state index contributed by atoms with van der Waals surface area (Å²) in [5.41, 5.74) is 1.82. The Bertz CT molecular complexity index is 823. The second-order valence-corrected chi connectivity index (χ2v) is 6.03. The molecule has 0 atom stereocenters. The van der Waals surface area contributed by atoms with E-state index < -0.39 is 0 Å². The molecular weight excluding hydrogens is 356 g/mol. The Morgan fingerprint density at radius 3 is 2.38 bits per heavy atom. The summed E-state index contributed by atoms with van der Waals surface area (Å²) in [6.07, 6.45) is 0. The van der Waals surface area contributed by atoms with Crippen molar-refractivity contribution in [3.63, 3.8) is 0 Å². The summed E-state index contributed by atoms with van der Waals surface area (Å²) < 4.78 is 10.5. The van der Waals surface area contributed by atoms with Crippen molar-refractivity contribution in [1.82, 2.24) is 0 Å². The molecule has 0 bridgehead atoms. The smallest absolute Gasteiger partial charge is 0.244 e. The zero-order valence-electron chi connectivity index (χ0n) is 15.1. The highest BCUT2D eigenvalue weighted by atomic mass is 35.5. The van der Waals surface area contributed by atoms with Gasteiger partial charge in [-0.25, -0.2) is 0 Å². The number of halogens is 1. The Labute approximate surface area is 157 Å². The molecule has 26 heavy (non-hydrogen) atoms. The SMILES string of the molecule is COc1cc(Cl)c(C)cc1NC(=O)CN(C(C)=O)c1ccccc1OC. The number of rotatable bonds is 6. The van der Waals surface area contributed by atoms with Gasteiger partial charge in [0, 0.05) is 18.0 Å². The number of ether oxygens (including phenoxy) is 2. The first kappa shape index (κ1) is 19.6. The molecule has 0 aliphatic rings. The van der Waals surface area contributed by atoms with Crippen molar-refractivity contribution in [3.05, 3.63) is 47.0 Å². The van der Waals surface area contributed by atoms with Crippen molar-refractivity contribution in [2.24, 2.45) is 0 Å². The molecule has 0 aliphatic carbocycles. The standard InChI is InChI=1S/C19H21ClN2O4/c1-12-9-15(18(26-4)10-14(12)20)21-19(24)11-22(13(2)23)16-7-5-6-8-17(16)25-3/h5-10H,11H2,1-4H3,(H,21,24). The summed E-state index contributed by atoms with van der Waals surface area (Å²) in [7, 11) is 3.01. The molecule has 0 spiro atoms. The van der Waals surface area contributed by atoms with Gasteiger partial charge in [0.15, 0.2) is 0 Å². The van der Waals surface area contributed by atoms with E-state index in [1.807, 2.05) is 6.92 Å². The minimum absolute atomic E-state index is 0.166. The van der Waals surface area contributed by atoms with Crippen LogP contribution in [0, 0.1) is 6.92 Å². The van der Waals surface area contributed by atoms with Gasteiger partial charge >= 0.3 is 0 Å². The second kappa shape index (κ2) is 8.58. The van der Waals surface area contributed by atoms with Crippen LogP contribution in [-0.2, 0) is 9.59 Å². The number of amides is 2. The molecule has 0 heterocycles. The minimum Gasteiger partial charge on any atom is -0.495 e. The van der Waals surface area contributed by atoms with Crippen molar-refractivity contribution < 1.29 is 19.1 Å². The van der Waals surface area contributed by atoms with Gasteiger partial charge in [-0.2, -0.15) is 0 Å². The third-order valence-electron chi connectivity index (χ3n) is 3.81. The Morgan fingerprint density at radius 1 is 1.12 bits per heavy atom. The van der Waals surface area contributed by atoms with Crippen LogP contribution in [0.25, 0.3) is 0 Å². The van der Waals surface area contributed by atoms with Gasteiger partial charge in [0.25, 0.3) is 0 Å². The van der Waals surface area contributed by atoms with Crippen molar-refractivity contribution >= 4 is 34.8 Å². The first-order chi connectivity index (χ1) is 12.4. The van der Waals surface area contributed by atoms with Gasteiger partial charge in [-0.15, -0.1) is 0 Å². The van der Waals surface area contributed by atoms with Gasteiger partial charge in [-0.3, -0.25) is 14.5 Å². The molecule has 2 amide bonds. The van der Waals surface area contributed by atoms with Crippen LogP contribution in [0.15, 0.2) is 36.4 Å². The molecule has 0 unspecified atom stereocenters. The zero-order valence-corrected chi connectivity index (χ0v) is 15.9. The Morgan fingerprint density at radius 2 is 1.77 bits per heavy atom. The number of hydrogen-bond acceptors (Lipinski definition) is 4. The molecule has 7 heteroatoms. The van der Waals surface area contributed by atoms with E-state index in [0.717, 1.165) is 5.56 Å². The van der Waals surface area contributed by atoms with E-state index in [1.165, 1.54) is 26.0 Å². The molecular formula is C19H21ClN2O4. The number of carbonyl (C=O) groups excluding carboxylic acids is 2. The summed E-state index contributed by atoms with van der Waals surface area (Å²) in [6, 6.07) is 10.4. The molecule has 138 valence electrons. The van der Waals surface area contributed by atoms with Gasteiger partial charge in [0.2, 0.25) is 11.8 Å². The van der Waals surface area contributed by atoms with Crippen LogP contribution in [-0.4, -0.2) is 32.6 Å². The normalized spacial score (nSPS) is 10.2. The quantitative estimate of drug-likeness (QED) is 0.835. The average Bonchev–Trinajstić information content (AvgIpc) is 2.62. The fourth-order valence-corrected chi connectivity index (χ4v) is 2.64. The molecule has 1 N–H and O–H groups in total. The zero-order chi connectivity index (χ0) is 19.3. The topological polar surface area (TPSA) is 67.9 Å². The lowest BCUT2D eigenvalue weighted by Gasteiger charge is -2.23. The van der Waals surface area contributed by atoms with E-state index in [4.69, 9.17) is 21.1 Å². The molecule has 0 aromatic heterocycles. The van der Waals surface area contributed by atoms with Crippen LogP contribution in [0.4, 0.5) is 11.4 Å². The highest BCUT2D eigenvalue weighted by molar-refractivity contribution is 6.31. The van der Waals surface area contributed by atoms with Crippen LogP contribution in [0.3, 0.4) is 0 Å². The number of aryl methyl sites for hydroxylation is 1. The fraction of sp³-hybridized carbons (Fsp3) is 0.263. The van der Waals surface area contributed by atoms with E-state index in [2.05, 4.69) is 5.32 Å². The molecule has 0 fully saturated rings. The molecule has 6 nitrogen and oxygen atoms in total. The number of nitrogens with zero attached hydrogens (tertiary/aromatic N) is 1. The largest absolute Gasteiger partial charge is 0.495 e. The van der Waals surface area contributed by atoms with Crippen molar-refractivity contribution in [1.29, 1.82) is 0 Å². The molecule has 2 aromatic carbocycles. The maximum absolute atomic E-state index is 12.5. The minimum atomic E-state index is -0.369. The predicted molar refractivity (Wildman–Crippen MR) is 102 cm³/mol. The van der Waals surface area contributed by atoms with Crippen molar-refractivity contribution in [3.8, 4) is 11.5 Å². The third kappa shape index (κ3) is 4.46. The van der Waals surface area contributed by atoms with Gasteiger partial charge in [0.05, 0.1) is 25.6 Å². The maximum atomic E-state index is 12.5. The number of anilines is 2. The number of methoxy groups -OCH3 is 2. The molecule has 0 saturated heterocycles. The van der Waals surface area contributed by atoms with Crippen LogP contribution in [0.1, 0.15) is 12.5 Å². The number of benzene rings is 2. The molecule has 0 aliphatic heterocycles. The predicted octanol–water partition coefficient (Wildman–Crippen LogP) is 3.66. The van der Waals surface area contributed by atoms with Crippen LogP contribution in [0.5, 0.6) is 11.5 Å². The number of hydrogen-bond donors (Lipinski definition) is 1. The number of carbonyl (C=O) groups is 2. The number of nitrogens with one attached hydrogen (secondary N) is 1. The highest BCUT2D eigenvalue weighted by Gasteiger charge is 2.20. The van der Waals surface area contributed by atoms with E-state index in [9.17, 15) is 9.59 Å². The van der Waals surface area contributed by atoms with Crippen LogP contribution >= 0.6 is 11.6 Å². The molecule has 2 rings (SSSR count). The average molecular weight is 377 g/mol. The highest BCUT2D eigenvalue weighted by Crippen LogP contribution is 2.31. The molecule has 0 saturated carbocycles. The van der Waals surface area contributed by atoms with Crippen molar-refractivity contribution in [2.75, 3.05) is 31.0 Å². The lowest BCUT2D eigenvalue weighted by atomic mass is 10.2. The fourth-order valence-electron chi connectivity index (χ4n) is 2.48.